The predicted octanol–water partition coefficient (Wildman–Crippen LogP) is 2.37. The van der Waals surface area contributed by atoms with E-state index in [1.54, 1.807) is 0 Å². The van der Waals surface area contributed by atoms with E-state index in [2.05, 4.69) is 25.7 Å². The van der Waals surface area contributed by atoms with Crippen LogP contribution in [0.2, 0.25) is 0 Å². The van der Waals surface area contributed by atoms with Crippen molar-refractivity contribution < 1.29 is 4.79 Å². The lowest BCUT2D eigenvalue weighted by molar-refractivity contribution is -0.119. The number of ketones is 1. The van der Waals surface area contributed by atoms with Gasteiger partial charge in [-0.1, -0.05) is 0 Å². The summed E-state index contributed by atoms with van der Waals surface area (Å²) in [5, 5.41) is 8.44. The Bertz CT molecular complexity index is 277. The molecule has 0 spiro atoms. The molecule has 0 bridgehead atoms. The zero-order valence-electron chi connectivity index (χ0n) is 10.6. The monoisotopic (exact) mass is 222 g/mol. The van der Waals surface area contributed by atoms with Crippen LogP contribution in [-0.4, -0.2) is 29.3 Å². The average Bonchev–Trinajstić information content (AvgIpc) is 2.17. The van der Waals surface area contributed by atoms with Crippen molar-refractivity contribution in [2.45, 2.75) is 52.0 Å². The minimum absolute atomic E-state index is 0.0828. The van der Waals surface area contributed by atoms with Gasteiger partial charge in [-0.3, -0.25) is 9.69 Å². The number of Topliss-reactive ketones (excluding diaryl/α,β-unsaturated/α-hetero) is 1. The van der Waals surface area contributed by atoms with Crippen LogP contribution in [0.4, 0.5) is 0 Å². The van der Waals surface area contributed by atoms with Crippen molar-refractivity contribution in [2.75, 3.05) is 13.1 Å². The topological polar surface area (TPSA) is 44.1 Å². The van der Waals surface area contributed by atoms with E-state index in [9.17, 15) is 4.79 Å². The summed E-state index contributed by atoms with van der Waals surface area (Å²) >= 11 is 0. The third kappa shape index (κ3) is 3.94. The van der Waals surface area contributed by atoms with E-state index in [1.807, 2.05) is 6.07 Å². The summed E-state index contributed by atoms with van der Waals surface area (Å²) in [6.07, 6.45) is 2.87. The number of carbonyl (C=O) groups is 1. The van der Waals surface area contributed by atoms with Gasteiger partial charge in [0.25, 0.3) is 0 Å². The summed E-state index contributed by atoms with van der Waals surface area (Å²) in [4.78, 5) is 13.8. The molecule has 1 fully saturated rings. The van der Waals surface area contributed by atoms with Crippen molar-refractivity contribution in [3.8, 4) is 6.07 Å². The standard InChI is InChI=1S/C13H22N2O/c1-13(2,3)15-8-5-11(6-9-15)10-12(16)4-7-14/h11H,4-6,8-10H2,1-3H3. The number of nitrogens with zero attached hydrogens (tertiary/aromatic N) is 2. The highest BCUT2D eigenvalue weighted by Crippen LogP contribution is 2.25. The molecule has 1 heterocycles. The van der Waals surface area contributed by atoms with Gasteiger partial charge in [0.15, 0.2) is 0 Å². The first-order valence-corrected chi connectivity index (χ1v) is 6.07. The summed E-state index contributed by atoms with van der Waals surface area (Å²) < 4.78 is 0. The third-order valence-corrected chi connectivity index (χ3v) is 3.36. The first-order chi connectivity index (χ1) is 7.43. The number of nitriles is 1. The lowest BCUT2D eigenvalue weighted by Gasteiger charge is -2.40. The van der Waals surface area contributed by atoms with Crippen LogP contribution >= 0.6 is 0 Å². The van der Waals surface area contributed by atoms with Crippen molar-refractivity contribution in [2.24, 2.45) is 5.92 Å². The van der Waals surface area contributed by atoms with Crippen LogP contribution < -0.4 is 0 Å². The van der Waals surface area contributed by atoms with Gasteiger partial charge in [0.1, 0.15) is 5.78 Å². The van der Waals surface area contributed by atoms with E-state index < -0.39 is 0 Å². The van der Waals surface area contributed by atoms with Gasteiger partial charge < -0.3 is 0 Å². The second kappa shape index (κ2) is 5.45. The molecule has 3 heteroatoms. The fraction of sp³-hybridized carbons (Fsp3) is 0.846. The quantitative estimate of drug-likeness (QED) is 0.736. The molecule has 0 unspecified atom stereocenters. The highest BCUT2D eigenvalue weighted by molar-refractivity contribution is 5.80. The number of piperidine rings is 1. The van der Waals surface area contributed by atoms with E-state index in [-0.39, 0.29) is 17.7 Å². The van der Waals surface area contributed by atoms with Crippen molar-refractivity contribution in [3.05, 3.63) is 0 Å². The number of rotatable bonds is 3. The normalized spacial score (nSPS) is 19.4. The first kappa shape index (κ1) is 13.2. The summed E-state index contributed by atoms with van der Waals surface area (Å²) in [7, 11) is 0. The van der Waals surface area contributed by atoms with Gasteiger partial charge in [0, 0.05) is 12.0 Å². The molecule has 1 saturated heterocycles. The van der Waals surface area contributed by atoms with Crippen LogP contribution in [0.1, 0.15) is 46.5 Å². The smallest absolute Gasteiger partial charge is 0.147 e. The molecular formula is C13H22N2O. The van der Waals surface area contributed by atoms with Crippen LogP contribution in [0.3, 0.4) is 0 Å². The Morgan fingerprint density at radius 3 is 2.38 bits per heavy atom. The molecule has 16 heavy (non-hydrogen) atoms. The molecule has 90 valence electrons. The number of hydrogen-bond acceptors (Lipinski definition) is 3. The van der Waals surface area contributed by atoms with Gasteiger partial charge in [-0.25, -0.2) is 0 Å². The van der Waals surface area contributed by atoms with Crippen LogP contribution in [-0.2, 0) is 4.79 Å². The first-order valence-electron chi connectivity index (χ1n) is 6.07. The minimum atomic E-state index is 0.0828. The minimum Gasteiger partial charge on any atom is -0.299 e. The summed E-state index contributed by atoms with van der Waals surface area (Å²) in [6, 6.07) is 1.93. The maximum absolute atomic E-state index is 11.4. The number of likely N-dealkylation sites (tertiary alicyclic amines) is 1. The van der Waals surface area contributed by atoms with Crippen LogP contribution in [0, 0.1) is 17.2 Å². The second-order valence-electron chi connectivity index (χ2n) is 5.68. The largest absolute Gasteiger partial charge is 0.299 e. The number of hydrogen-bond donors (Lipinski definition) is 0. The Morgan fingerprint density at radius 1 is 1.38 bits per heavy atom. The van der Waals surface area contributed by atoms with Crippen LogP contribution in [0.5, 0.6) is 0 Å². The van der Waals surface area contributed by atoms with Gasteiger partial charge >= 0.3 is 0 Å². The fourth-order valence-electron chi connectivity index (χ4n) is 2.29. The van der Waals surface area contributed by atoms with Crippen LogP contribution in [0.25, 0.3) is 0 Å². The molecular weight excluding hydrogens is 200 g/mol. The molecule has 0 N–H and O–H groups in total. The van der Waals surface area contributed by atoms with E-state index in [4.69, 9.17) is 5.26 Å². The molecule has 0 aromatic rings. The second-order valence-corrected chi connectivity index (χ2v) is 5.68. The molecule has 0 radical (unpaired) electrons. The maximum Gasteiger partial charge on any atom is 0.147 e. The molecule has 0 atom stereocenters. The van der Waals surface area contributed by atoms with Gasteiger partial charge in [0.05, 0.1) is 12.5 Å². The molecule has 0 saturated carbocycles. The highest BCUT2D eigenvalue weighted by atomic mass is 16.1. The molecule has 1 aliphatic rings. The lowest BCUT2D eigenvalue weighted by atomic mass is 9.89. The Morgan fingerprint density at radius 2 is 1.94 bits per heavy atom. The van der Waals surface area contributed by atoms with Gasteiger partial charge in [-0.05, 0) is 52.6 Å². The SMILES string of the molecule is CC(C)(C)N1CCC(CC(=O)CC#N)CC1. The fourth-order valence-corrected chi connectivity index (χ4v) is 2.29. The summed E-state index contributed by atoms with van der Waals surface area (Å²) in [6.45, 7) is 8.85. The van der Waals surface area contributed by atoms with E-state index in [0.29, 0.717) is 12.3 Å². The van der Waals surface area contributed by atoms with Crippen molar-refractivity contribution in [3.63, 3.8) is 0 Å². The molecule has 3 nitrogen and oxygen atoms in total. The van der Waals surface area contributed by atoms with Gasteiger partial charge in [0.2, 0.25) is 0 Å². The molecule has 1 aliphatic heterocycles. The summed E-state index contributed by atoms with van der Waals surface area (Å²) in [5.41, 5.74) is 0.238. The zero-order valence-corrected chi connectivity index (χ0v) is 10.6. The van der Waals surface area contributed by atoms with Crippen molar-refractivity contribution >= 4 is 5.78 Å². The molecule has 0 aromatic carbocycles. The highest BCUT2D eigenvalue weighted by Gasteiger charge is 2.27. The Labute approximate surface area is 98.4 Å². The summed E-state index contributed by atoms with van der Waals surface area (Å²) in [5.74, 6) is 0.608. The van der Waals surface area contributed by atoms with Crippen molar-refractivity contribution in [1.82, 2.24) is 4.90 Å². The predicted molar refractivity (Wildman–Crippen MR) is 63.9 cm³/mol. The van der Waals surface area contributed by atoms with E-state index >= 15 is 0 Å². The molecule has 1 rings (SSSR count). The van der Waals surface area contributed by atoms with Crippen molar-refractivity contribution in [1.29, 1.82) is 5.26 Å². The molecule has 0 amide bonds. The Kier molecular flexibility index (Phi) is 4.49. The lowest BCUT2D eigenvalue weighted by Crippen LogP contribution is -2.46. The Hall–Kier alpha value is -0.880. The van der Waals surface area contributed by atoms with E-state index in [1.165, 1.54) is 0 Å². The average molecular weight is 222 g/mol. The van der Waals surface area contributed by atoms with E-state index in [0.717, 1.165) is 25.9 Å². The maximum atomic E-state index is 11.4. The molecule has 0 aliphatic carbocycles. The van der Waals surface area contributed by atoms with Crippen LogP contribution in [0.15, 0.2) is 0 Å². The number of carbonyl (C=O) groups excluding carboxylic acids is 1. The molecule has 0 aromatic heterocycles. The zero-order chi connectivity index (χ0) is 12.2. The van der Waals surface area contributed by atoms with Gasteiger partial charge in [-0.15, -0.1) is 0 Å². The third-order valence-electron chi connectivity index (χ3n) is 3.36. The Balaban J connectivity index is 2.33. The van der Waals surface area contributed by atoms with Gasteiger partial charge in [-0.2, -0.15) is 5.26 Å².